The van der Waals surface area contributed by atoms with E-state index in [2.05, 4.69) is 5.32 Å². The molecule has 1 aromatic carbocycles. The van der Waals surface area contributed by atoms with Crippen molar-refractivity contribution in [3.8, 4) is 0 Å². The minimum atomic E-state index is -3.30. The van der Waals surface area contributed by atoms with E-state index >= 15 is 0 Å². The first-order valence-corrected chi connectivity index (χ1v) is 8.41. The summed E-state index contributed by atoms with van der Waals surface area (Å²) in [6, 6.07) is 5.85. The van der Waals surface area contributed by atoms with Gasteiger partial charge in [-0.3, -0.25) is 14.2 Å². The lowest BCUT2D eigenvalue weighted by Crippen LogP contribution is -2.32. The van der Waals surface area contributed by atoms with Crippen LogP contribution in [0.15, 0.2) is 24.3 Å². The Morgan fingerprint density at radius 2 is 1.75 bits per heavy atom. The zero-order chi connectivity index (χ0) is 18.3. The Kier molecular flexibility index (Phi) is 7.41. The van der Waals surface area contributed by atoms with Crippen molar-refractivity contribution < 1.29 is 39.2 Å². The fourth-order valence-corrected chi connectivity index (χ4v) is 3.15. The minimum absolute atomic E-state index is 0.0636. The van der Waals surface area contributed by atoms with E-state index in [-0.39, 0.29) is 24.2 Å². The van der Waals surface area contributed by atoms with Crippen molar-refractivity contribution in [3.05, 3.63) is 29.8 Å². The van der Waals surface area contributed by atoms with Gasteiger partial charge >= 0.3 is 17.9 Å². The normalized spacial score (nSPS) is 14.4. The smallest absolute Gasteiger partial charge is 0.337 e. The average molecular weight is 359 g/mol. The fourth-order valence-electron chi connectivity index (χ4n) is 2.22. The van der Waals surface area contributed by atoms with Crippen LogP contribution in [0.2, 0.25) is 0 Å². The number of hydrogen-bond acceptors (Lipinski definition) is 5. The molecule has 132 valence electrons. The van der Waals surface area contributed by atoms with Crippen LogP contribution in [0.3, 0.4) is 0 Å². The molecule has 0 heterocycles. The Labute approximate surface area is 137 Å². The third kappa shape index (κ3) is 5.68. The minimum Gasteiger partial charge on any atom is -0.481 e. The average Bonchev–Trinajstić information content (AvgIpc) is 2.49. The molecule has 5 N–H and O–H groups in total. The molecule has 1 aromatic rings. The second kappa shape index (κ2) is 9.05. The lowest BCUT2D eigenvalue weighted by atomic mass is 9.98. The molecule has 0 fully saturated rings. The van der Waals surface area contributed by atoms with Crippen molar-refractivity contribution in [2.45, 2.75) is 18.5 Å². The van der Waals surface area contributed by atoms with Crippen molar-refractivity contribution >= 4 is 31.6 Å². The number of benzene rings is 1. The Hall–Kier alpha value is -2.38. The first kappa shape index (κ1) is 19.7. The molecule has 10 heteroatoms. The number of anilines is 1. The van der Waals surface area contributed by atoms with Gasteiger partial charge in [0.1, 0.15) is 0 Å². The number of rotatable bonds is 10. The Balaban J connectivity index is 2.93. The summed E-state index contributed by atoms with van der Waals surface area (Å²) in [5.41, 5.74) is -1.11. The highest BCUT2D eigenvalue weighted by atomic mass is 31.1. The van der Waals surface area contributed by atoms with Crippen LogP contribution in [-0.4, -0.2) is 50.3 Å². The summed E-state index contributed by atoms with van der Waals surface area (Å²) in [4.78, 5) is 42.5. The molecule has 3 unspecified atom stereocenters. The van der Waals surface area contributed by atoms with Crippen LogP contribution < -0.4 is 5.32 Å². The van der Waals surface area contributed by atoms with E-state index in [9.17, 15) is 28.9 Å². The third-order valence-corrected chi connectivity index (χ3v) is 4.70. The summed E-state index contributed by atoms with van der Waals surface area (Å²) < 4.78 is 11.5. The van der Waals surface area contributed by atoms with E-state index in [4.69, 9.17) is 10.2 Å². The molecule has 0 saturated carbocycles. The molecule has 0 aliphatic heterocycles. The van der Waals surface area contributed by atoms with E-state index in [1.165, 1.54) is 18.2 Å². The maximum atomic E-state index is 11.5. The van der Waals surface area contributed by atoms with Crippen LogP contribution in [0.25, 0.3) is 0 Å². The molecule has 1 rings (SSSR count). The van der Waals surface area contributed by atoms with Gasteiger partial charge in [-0.05, 0) is 18.6 Å². The van der Waals surface area contributed by atoms with E-state index in [1.54, 1.807) is 6.07 Å². The lowest BCUT2D eigenvalue weighted by molar-refractivity contribution is -0.143. The van der Waals surface area contributed by atoms with Gasteiger partial charge in [-0.2, -0.15) is 0 Å². The fraction of sp³-hybridized carbons (Fsp3) is 0.357. The monoisotopic (exact) mass is 359 g/mol. The molecular weight excluding hydrogens is 341 g/mol. The largest absolute Gasteiger partial charge is 0.481 e. The van der Waals surface area contributed by atoms with E-state index < -0.39 is 43.9 Å². The van der Waals surface area contributed by atoms with E-state index in [1.807, 2.05) is 0 Å². The van der Waals surface area contributed by atoms with Crippen LogP contribution >= 0.6 is 8.03 Å². The molecule has 24 heavy (non-hydrogen) atoms. The highest BCUT2D eigenvalue weighted by Gasteiger charge is 2.32. The van der Waals surface area contributed by atoms with Crippen LogP contribution in [0.1, 0.15) is 23.2 Å². The molecule has 0 aromatic heterocycles. The maximum absolute atomic E-state index is 11.5. The quantitative estimate of drug-likeness (QED) is 0.386. The molecule has 0 aliphatic carbocycles. The summed E-state index contributed by atoms with van der Waals surface area (Å²) in [7, 11) is -3.30. The first-order valence-electron chi connectivity index (χ1n) is 6.97. The summed E-state index contributed by atoms with van der Waals surface area (Å²) >= 11 is 0. The van der Waals surface area contributed by atoms with Crippen LogP contribution in [0.5, 0.6) is 0 Å². The van der Waals surface area contributed by atoms with Crippen molar-refractivity contribution in [2.75, 3.05) is 11.9 Å². The SMILES string of the molecule is O=C(O)CCC(C(=O)O)C(CNc1ccccc1C(=O)O)[PH](=O)O. The summed E-state index contributed by atoms with van der Waals surface area (Å²) in [6.07, 6.45) is -0.747. The van der Waals surface area contributed by atoms with Gasteiger partial charge < -0.3 is 25.5 Å². The van der Waals surface area contributed by atoms with Crippen molar-refractivity contribution in [1.29, 1.82) is 0 Å². The number of para-hydroxylation sites is 1. The number of carboxylic acids is 3. The van der Waals surface area contributed by atoms with Crippen molar-refractivity contribution in [2.24, 2.45) is 5.92 Å². The molecule has 0 amide bonds. The second-order valence-corrected chi connectivity index (χ2v) is 6.47. The number of nitrogens with one attached hydrogen (secondary N) is 1. The molecule has 0 bridgehead atoms. The summed E-state index contributed by atoms with van der Waals surface area (Å²) in [5, 5.41) is 29.6. The number of aliphatic carboxylic acids is 2. The van der Waals surface area contributed by atoms with Gasteiger partial charge in [-0.25, -0.2) is 4.79 Å². The molecule has 9 nitrogen and oxygen atoms in total. The Morgan fingerprint density at radius 3 is 2.25 bits per heavy atom. The Bertz CT molecular complexity index is 647. The number of aromatic carboxylic acids is 1. The predicted molar refractivity (Wildman–Crippen MR) is 84.9 cm³/mol. The third-order valence-electron chi connectivity index (χ3n) is 3.46. The number of carboxylic acid groups (broad SMARTS) is 3. The Morgan fingerprint density at radius 1 is 1.12 bits per heavy atom. The van der Waals surface area contributed by atoms with Crippen LogP contribution in [-0.2, 0) is 14.2 Å². The van der Waals surface area contributed by atoms with Gasteiger partial charge in [-0.1, -0.05) is 12.1 Å². The van der Waals surface area contributed by atoms with Gasteiger partial charge in [-0.15, -0.1) is 0 Å². The van der Waals surface area contributed by atoms with Crippen molar-refractivity contribution in [1.82, 2.24) is 0 Å². The topological polar surface area (TPSA) is 161 Å². The lowest BCUT2D eigenvalue weighted by Gasteiger charge is -2.22. The van der Waals surface area contributed by atoms with Gasteiger partial charge in [0.15, 0.2) is 8.03 Å². The van der Waals surface area contributed by atoms with Crippen LogP contribution in [0.4, 0.5) is 5.69 Å². The molecule has 0 radical (unpaired) electrons. The highest BCUT2D eigenvalue weighted by molar-refractivity contribution is 7.39. The van der Waals surface area contributed by atoms with E-state index in [0.29, 0.717) is 0 Å². The maximum Gasteiger partial charge on any atom is 0.337 e. The van der Waals surface area contributed by atoms with Crippen molar-refractivity contribution in [3.63, 3.8) is 0 Å². The molecule has 0 saturated heterocycles. The second-order valence-electron chi connectivity index (χ2n) is 5.05. The van der Waals surface area contributed by atoms with E-state index in [0.717, 1.165) is 0 Å². The highest BCUT2D eigenvalue weighted by Crippen LogP contribution is 2.32. The van der Waals surface area contributed by atoms with Gasteiger partial charge in [0, 0.05) is 18.7 Å². The zero-order valence-corrected chi connectivity index (χ0v) is 13.5. The summed E-state index contributed by atoms with van der Waals surface area (Å²) in [5.74, 6) is -5.11. The summed E-state index contributed by atoms with van der Waals surface area (Å²) in [6.45, 7) is -0.269. The molecule has 0 aliphatic rings. The first-order chi connectivity index (χ1) is 11.2. The zero-order valence-electron chi connectivity index (χ0n) is 12.5. The van der Waals surface area contributed by atoms with Crippen LogP contribution in [0, 0.1) is 5.92 Å². The molecular formula is C14H18NO8P. The van der Waals surface area contributed by atoms with Gasteiger partial charge in [0.2, 0.25) is 0 Å². The van der Waals surface area contributed by atoms with Gasteiger partial charge in [0.25, 0.3) is 0 Å². The number of hydrogen-bond donors (Lipinski definition) is 5. The number of carbonyl (C=O) groups is 3. The standard InChI is InChI=1S/C14H18NO8P/c16-12(17)6-5-9(14(20)21)11(24(22)23)7-15-10-4-2-1-3-8(10)13(18)19/h1-4,9,11,15,24H,5-7H2,(H,16,17)(H,18,19)(H,20,21)(H,22,23). The molecule has 3 atom stereocenters. The van der Waals surface area contributed by atoms with Gasteiger partial charge in [0.05, 0.1) is 17.1 Å². The molecule has 0 spiro atoms. The predicted octanol–water partition coefficient (Wildman–Crippen LogP) is 1.20.